The van der Waals surface area contributed by atoms with Gasteiger partial charge in [0.2, 0.25) is 0 Å². The van der Waals surface area contributed by atoms with Crippen LogP contribution in [0.5, 0.6) is 0 Å². The normalized spacial score (nSPS) is 13.2. The van der Waals surface area contributed by atoms with E-state index < -0.39 is 0 Å². The van der Waals surface area contributed by atoms with Gasteiger partial charge in [-0.15, -0.1) is 11.6 Å². The number of rotatable bonds is 4. The van der Waals surface area contributed by atoms with E-state index in [1.807, 2.05) is 6.92 Å². The number of carbonyl (C=O) groups is 1. The summed E-state index contributed by atoms with van der Waals surface area (Å²) >= 11 is 11.9. The number of nitrogens with one attached hydrogen (secondary N) is 1. The van der Waals surface area contributed by atoms with Gasteiger partial charge in [-0.2, -0.15) is 0 Å². The largest absolute Gasteiger partial charge is 0.349 e. The molecule has 0 saturated carbocycles. The van der Waals surface area contributed by atoms with Crippen LogP contribution in [0.2, 0.25) is 5.02 Å². The molecule has 19 heavy (non-hydrogen) atoms. The first-order valence-corrected chi connectivity index (χ1v) is 7.30. The molecule has 0 bridgehead atoms. The summed E-state index contributed by atoms with van der Waals surface area (Å²) in [6.07, 6.45) is 0.746. The Kier molecular flexibility index (Phi) is 5.69. The summed E-state index contributed by atoms with van der Waals surface area (Å²) in [4.78, 5) is 12.3. The topological polar surface area (TPSA) is 29.1 Å². The molecule has 0 aliphatic heterocycles. The molecule has 0 heterocycles. The molecule has 0 aliphatic carbocycles. The van der Waals surface area contributed by atoms with Crippen molar-refractivity contribution in [2.75, 3.05) is 5.88 Å². The zero-order chi connectivity index (χ0) is 14.6. The molecule has 1 rings (SSSR count). The van der Waals surface area contributed by atoms with Gasteiger partial charge in [0, 0.05) is 22.5 Å². The number of alkyl halides is 1. The van der Waals surface area contributed by atoms with E-state index in [1.54, 1.807) is 18.2 Å². The lowest BCUT2D eigenvalue weighted by molar-refractivity contribution is 0.0900. The third-order valence-corrected chi connectivity index (χ3v) is 3.89. The Labute approximate surface area is 125 Å². The number of halogens is 2. The molecule has 1 atom stereocenters. The van der Waals surface area contributed by atoms with Crippen LogP contribution >= 0.6 is 23.2 Å². The Bertz CT molecular complexity index is 452. The number of amides is 1. The minimum Gasteiger partial charge on any atom is -0.349 e. The molecule has 0 spiro atoms. The SMILES string of the molecule is Cc1c(Cl)cccc1C(=O)NC(CCCl)C(C)(C)C. The quantitative estimate of drug-likeness (QED) is 0.819. The van der Waals surface area contributed by atoms with Gasteiger partial charge in [-0.1, -0.05) is 38.4 Å². The van der Waals surface area contributed by atoms with E-state index in [0.717, 1.165) is 12.0 Å². The summed E-state index contributed by atoms with van der Waals surface area (Å²) in [5.41, 5.74) is 1.40. The van der Waals surface area contributed by atoms with Crippen molar-refractivity contribution >= 4 is 29.1 Å². The molecule has 0 aromatic heterocycles. The van der Waals surface area contributed by atoms with E-state index in [-0.39, 0.29) is 17.4 Å². The summed E-state index contributed by atoms with van der Waals surface area (Å²) in [7, 11) is 0. The minimum atomic E-state index is -0.0926. The molecule has 1 amide bonds. The highest BCUT2D eigenvalue weighted by Gasteiger charge is 2.26. The first-order chi connectivity index (χ1) is 8.77. The second-order valence-electron chi connectivity index (χ2n) is 5.78. The van der Waals surface area contributed by atoms with Gasteiger partial charge in [-0.05, 0) is 36.5 Å². The molecule has 2 nitrogen and oxygen atoms in total. The smallest absolute Gasteiger partial charge is 0.251 e. The van der Waals surface area contributed by atoms with Crippen LogP contribution < -0.4 is 5.32 Å². The maximum Gasteiger partial charge on any atom is 0.251 e. The summed E-state index contributed by atoms with van der Waals surface area (Å²) < 4.78 is 0. The molecule has 1 aromatic rings. The molecule has 1 N–H and O–H groups in total. The third kappa shape index (κ3) is 4.39. The first kappa shape index (κ1) is 16.3. The maximum absolute atomic E-state index is 12.3. The Balaban J connectivity index is 2.91. The fourth-order valence-electron chi connectivity index (χ4n) is 1.92. The van der Waals surface area contributed by atoms with Crippen molar-refractivity contribution in [1.82, 2.24) is 5.32 Å². The molecular formula is C15H21Cl2NO. The van der Waals surface area contributed by atoms with Gasteiger partial charge in [0.25, 0.3) is 5.91 Å². The summed E-state index contributed by atoms with van der Waals surface area (Å²) in [6.45, 7) is 8.13. The van der Waals surface area contributed by atoms with E-state index in [9.17, 15) is 4.79 Å². The predicted molar refractivity (Wildman–Crippen MR) is 82.2 cm³/mol. The lowest BCUT2D eigenvalue weighted by Gasteiger charge is -2.31. The van der Waals surface area contributed by atoms with E-state index in [4.69, 9.17) is 23.2 Å². The lowest BCUT2D eigenvalue weighted by Crippen LogP contribution is -2.44. The Morgan fingerprint density at radius 1 is 1.37 bits per heavy atom. The van der Waals surface area contributed by atoms with Crippen molar-refractivity contribution in [3.63, 3.8) is 0 Å². The van der Waals surface area contributed by atoms with Crippen LogP contribution in [0.3, 0.4) is 0 Å². The second kappa shape index (κ2) is 6.62. The van der Waals surface area contributed by atoms with Crippen molar-refractivity contribution in [2.45, 2.75) is 40.2 Å². The highest BCUT2D eigenvalue weighted by atomic mass is 35.5. The van der Waals surface area contributed by atoms with Crippen molar-refractivity contribution < 1.29 is 4.79 Å². The predicted octanol–water partition coefficient (Wildman–Crippen LogP) is 4.42. The molecule has 0 saturated heterocycles. The Morgan fingerprint density at radius 2 is 2.00 bits per heavy atom. The van der Waals surface area contributed by atoms with Gasteiger partial charge >= 0.3 is 0 Å². The van der Waals surface area contributed by atoms with E-state index in [0.29, 0.717) is 16.5 Å². The maximum atomic E-state index is 12.3. The molecule has 0 radical (unpaired) electrons. The van der Waals surface area contributed by atoms with Crippen LogP contribution in [0.1, 0.15) is 43.1 Å². The minimum absolute atomic E-state index is 0.0307. The first-order valence-electron chi connectivity index (χ1n) is 6.39. The monoisotopic (exact) mass is 301 g/mol. The molecule has 0 fully saturated rings. The number of benzene rings is 1. The number of carbonyl (C=O) groups excluding carboxylic acids is 1. The fraction of sp³-hybridized carbons (Fsp3) is 0.533. The highest BCUT2D eigenvalue weighted by molar-refractivity contribution is 6.31. The van der Waals surface area contributed by atoms with Gasteiger partial charge in [-0.3, -0.25) is 4.79 Å². The van der Waals surface area contributed by atoms with Crippen molar-refractivity contribution in [3.05, 3.63) is 34.3 Å². The average molecular weight is 302 g/mol. The zero-order valence-electron chi connectivity index (χ0n) is 11.9. The summed E-state index contributed by atoms with van der Waals surface area (Å²) in [5.74, 6) is 0.432. The van der Waals surface area contributed by atoms with Crippen molar-refractivity contribution in [3.8, 4) is 0 Å². The molecule has 106 valence electrons. The van der Waals surface area contributed by atoms with Crippen LogP contribution in [0.4, 0.5) is 0 Å². The Morgan fingerprint density at radius 3 is 2.53 bits per heavy atom. The molecule has 0 aliphatic rings. The lowest BCUT2D eigenvalue weighted by atomic mass is 9.85. The number of hydrogen-bond donors (Lipinski definition) is 1. The van der Waals surface area contributed by atoms with Crippen LogP contribution in [0.15, 0.2) is 18.2 Å². The van der Waals surface area contributed by atoms with Gasteiger partial charge in [0.15, 0.2) is 0 Å². The zero-order valence-corrected chi connectivity index (χ0v) is 13.4. The molecule has 4 heteroatoms. The molecular weight excluding hydrogens is 281 g/mol. The van der Waals surface area contributed by atoms with Crippen LogP contribution in [0.25, 0.3) is 0 Å². The third-order valence-electron chi connectivity index (χ3n) is 3.26. The molecule has 1 aromatic carbocycles. The van der Waals surface area contributed by atoms with Gasteiger partial charge in [0.1, 0.15) is 0 Å². The van der Waals surface area contributed by atoms with Crippen LogP contribution in [-0.4, -0.2) is 17.8 Å². The van der Waals surface area contributed by atoms with Crippen LogP contribution in [0, 0.1) is 12.3 Å². The van der Waals surface area contributed by atoms with Crippen molar-refractivity contribution in [2.24, 2.45) is 5.41 Å². The van der Waals surface area contributed by atoms with E-state index in [2.05, 4.69) is 26.1 Å². The Hall–Kier alpha value is -0.730. The standard InChI is InChI=1S/C15H21Cl2NO/c1-10-11(6-5-7-12(10)17)14(19)18-13(8-9-16)15(2,3)4/h5-7,13H,8-9H2,1-4H3,(H,18,19). The van der Waals surface area contributed by atoms with Crippen molar-refractivity contribution in [1.29, 1.82) is 0 Å². The van der Waals surface area contributed by atoms with Crippen LogP contribution in [-0.2, 0) is 0 Å². The summed E-state index contributed by atoms with van der Waals surface area (Å²) in [5, 5.41) is 3.67. The molecule has 1 unspecified atom stereocenters. The average Bonchev–Trinajstić information content (AvgIpc) is 2.30. The van der Waals surface area contributed by atoms with Gasteiger partial charge in [0.05, 0.1) is 0 Å². The highest BCUT2D eigenvalue weighted by Crippen LogP contribution is 2.24. The van der Waals surface area contributed by atoms with Gasteiger partial charge < -0.3 is 5.32 Å². The number of hydrogen-bond acceptors (Lipinski definition) is 1. The van der Waals surface area contributed by atoms with Gasteiger partial charge in [-0.25, -0.2) is 0 Å². The van der Waals surface area contributed by atoms with E-state index >= 15 is 0 Å². The van der Waals surface area contributed by atoms with E-state index in [1.165, 1.54) is 0 Å². The fourth-order valence-corrected chi connectivity index (χ4v) is 2.31. The second-order valence-corrected chi connectivity index (χ2v) is 6.57. The summed E-state index contributed by atoms with van der Waals surface area (Å²) in [6, 6.07) is 5.40.